The van der Waals surface area contributed by atoms with Gasteiger partial charge in [-0.1, -0.05) is 50.4 Å². The Morgan fingerprint density at radius 2 is 1.90 bits per heavy atom. The summed E-state index contributed by atoms with van der Waals surface area (Å²) in [5.41, 5.74) is 1.71. The molecule has 21 heavy (non-hydrogen) atoms. The van der Waals surface area contributed by atoms with Crippen LogP contribution in [-0.2, 0) is 11.2 Å². The number of methoxy groups -OCH3 is 1. The third-order valence-corrected chi connectivity index (χ3v) is 4.54. The first-order valence-electron chi connectivity index (χ1n) is 8.10. The van der Waals surface area contributed by atoms with Crippen molar-refractivity contribution >= 4 is 11.6 Å². The first kappa shape index (κ1) is 18.5. The second-order valence-corrected chi connectivity index (χ2v) is 6.37. The van der Waals surface area contributed by atoms with Gasteiger partial charge in [-0.25, -0.2) is 0 Å². The van der Waals surface area contributed by atoms with E-state index in [0.717, 1.165) is 31.1 Å². The largest absolute Gasteiger partial charge is 0.383 e. The van der Waals surface area contributed by atoms with Crippen molar-refractivity contribution in [1.82, 2.24) is 5.32 Å². The molecule has 0 aliphatic heterocycles. The topological polar surface area (TPSA) is 21.3 Å². The Morgan fingerprint density at radius 1 is 1.19 bits per heavy atom. The maximum Gasteiger partial charge on any atom is 0.0587 e. The zero-order valence-corrected chi connectivity index (χ0v) is 14.5. The van der Waals surface area contributed by atoms with Crippen LogP contribution in [0.2, 0.25) is 5.02 Å². The van der Waals surface area contributed by atoms with Gasteiger partial charge < -0.3 is 10.1 Å². The Morgan fingerprint density at radius 3 is 2.48 bits per heavy atom. The molecule has 1 atom stereocenters. The minimum absolute atomic E-state index is 0.331. The van der Waals surface area contributed by atoms with Crippen LogP contribution < -0.4 is 5.32 Å². The number of hydrogen-bond acceptors (Lipinski definition) is 2. The second-order valence-electron chi connectivity index (χ2n) is 5.93. The van der Waals surface area contributed by atoms with Gasteiger partial charge in [0.25, 0.3) is 0 Å². The minimum atomic E-state index is 0.331. The summed E-state index contributed by atoms with van der Waals surface area (Å²) in [6.45, 7) is 7.32. The van der Waals surface area contributed by atoms with Gasteiger partial charge in [-0.15, -0.1) is 0 Å². The highest BCUT2D eigenvalue weighted by Crippen LogP contribution is 2.33. The van der Waals surface area contributed by atoms with Gasteiger partial charge in [0.1, 0.15) is 0 Å². The Hall–Kier alpha value is -0.570. The summed E-state index contributed by atoms with van der Waals surface area (Å²) >= 11 is 5.99. The van der Waals surface area contributed by atoms with Crippen molar-refractivity contribution in [3.63, 3.8) is 0 Å². The molecular weight excluding hydrogens is 282 g/mol. The smallest absolute Gasteiger partial charge is 0.0587 e. The fourth-order valence-corrected chi connectivity index (χ4v) is 2.91. The number of rotatable bonds is 11. The molecule has 1 rings (SSSR count). The molecule has 0 heterocycles. The highest BCUT2D eigenvalue weighted by molar-refractivity contribution is 6.30. The van der Waals surface area contributed by atoms with Crippen molar-refractivity contribution in [3.05, 3.63) is 34.9 Å². The Kier molecular flexibility index (Phi) is 8.98. The number of nitrogens with one attached hydrogen (secondary N) is 1. The van der Waals surface area contributed by atoms with Gasteiger partial charge in [0.2, 0.25) is 0 Å². The van der Waals surface area contributed by atoms with E-state index < -0.39 is 0 Å². The highest BCUT2D eigenvalue weighted by Gasteiger charge is 2.27. The molecule has 3 heteroatoms. The van der Waals surface area contributed by atoms with Crippen LogP contribution in [0.5, 0.6) is 0 Å². The molecule has 0 saturated heterocycles. The van der Waals surface area contributed by atoms with Gasteiger partial charge in [0.15, 0.2) is 0 Å². The van der Waals surface area contributed by atoms with Crippen molar-refractivity contribution in [2.45, 2.75) is 46.0 Å². The molecular formula is C18H30ClNO. The molecule has 120 valence electrons. The summed E-state index contributed by atoms with van der Waals surface area (Å²) in [6.07, 6.45) is 6.10. The summed E-state index contributed by atoms with van der Waals surface area (Å²) in [5, 5.41) is 4.38. The third-order valence-electron chi connectivity index (χ3n) is 4.29. The molecule has 0 spiro atoms. The van der Waals surface area contributed by atoms with Gasteiger partial charge in [0.05, 0.1) is 6.61 Å². The molecule has 0 saturated carbocycles. The fourth-order valence-electron chi connectivity index (χ4n) is 2.78. The van der Waals surface area contributed by atoms with Gasteiger partial charge in [-0.2, -0.15) is 0 Å². The van der Waals surface area contributed by atoms with Crippen LogP contribution in [0.15, 0.2) is 24.3 Å². The molecule has 0 aromatic heterocycles. The quantitative estimate of drug-likeness (QED) is 0.598. The number of unbranched alkanes of at least 4 members (excludes halogenated alkanes) is 1. The number of halogens is 1. The van der Waals surface area contributed by atoms with Crippen molar-refractivity contribution in [2.24, 2.45) is 5.41 Å². The average Bonchev–Trinajstić information content (AvgIpc) is 2.51. The molecule has 1 unspecified atom stereocenters. The standard InChI is InChI=1S/C18H30ClNO/c1-4-6-11-18(5-2,15-20-12-13-21-3)14-16-7-9-17(19)10-8-16/h7-10,20H,4-6,11-15H2,1-3H3. The number of ether oxygens (including phenoxy) is 1. The summed E-state index contributed by atoms with van der Waals surface area (Å²) in [6, 6.07) is 8.31. The van der Waals surface area contributed by atoms with Crippen LogP contribution in [0.4, 0.5) is 0 Å². The highest BCUT2D eigenvalue weighted by atomic mass is 35.5. The van der Waals surface area contributed by atoms with E-state index >= 15 is 0 Å². The van der Waals surface area contributed by atoms with Crippen molar-refractivity contribution in [2.75, 3.05) is 26.8 Å². The van der Waals surface area contributed by atoms with Crippen molar-refractivity contribution in [1.29, 1.82) is 0 Å². The van der Waals surface area contributed by atoms with Gasteiger partial charge in [-0.05, 0) is 42.4 Å². The van der Waals surface area contributed by atoms with Gasteiger partial charge in [0, 0.05) is 25.2 Å². The third kappa shape index (κ3) is 6.82. The van der Waals surface area contributed by atoms with E-state index in [1.54, 1.807) is 7.11 Å². The lowest BCUT2D eigenvalue weighted by atomic mass is 9.75. The van der Waals surface area contributed by atoms with E-state index in [2.05, 4.69) is 31.3 Å². The van der Waals surface area contributed by atoms with Crippen LogP contribution in [0.25, 0.3) is 0 Å². The van der Waals surface area contributed by atoms with Crippen LogP contribution >= 0.6 is 11.6 Å². The molecule has 1 aromatic rings. The Bertz CT molecular complexity index is 379. The lowest BCUT2D eigenvalue weighted by Crippen LogP contribution is -2.37. The molecule has 0 radical (unpaired) electrons. The van der Waals surface area contributed by atoms with Gasteiger partial charge >= 0.3 is 0 Å². The molecule has 1 N–H and O–H groups in total. The first-order chi connectivity index (χ1) is 10.2. The molecule has 1 aromatic carbocycles. The zero-order chi connectivity index (χ0) is 15.6. The summed E-state index contributed by atoms with van der Waals surface area (Å²) in [5.74, 6) is 0. The lowest BCUT2D eigenvalue weighted by molar-refractivity contribution is 0.182. The molecule has 0 aliphatic rings. The van der Waals surface area contributed by atoms with E-state index in [4.69, 9.17) is 16.3 Å². The summed E-state index contributed by atoms with van der Waals surface area (Å²) in [4.78, 5) is 0. The molecule has 0 fully saturated rings. The van der Waals surface area contributed by atoms with E-state index in [9.17, 15) is 0 Å². The van der Waals surface area contributed by atoms with Crippen LogP contribution in [0.3, 0.4) is 0 Å². The van der Waals surface area contributed by atoms with E-state index in [1.165, 1.54) is 31.2 Å². The monoisotopic (exact) mass is 311 g/mol. The predicted molar refractivity (Wildman–Crippen MR) is 92.2 cm³/mol. The van der Waals surface area contributed by atoms with Gasteiger partial charge in [-0.3, -0.25) is 0 Å². The second kappa shape index (κ2) is 10.2. The summed E-state index contributed by atoms with van der Waals surface area (Å²) in [7, 11) is 1.75. The van der Waals surface area contributed by atoms with Crippen LogP contribution in [0.1, 0.15) is 45.1 Å². The Labute approximate surface area is 135 Å². The van der Waals surface area contributed by atoms with Crippen LogP contribution in [-0.4, -0.2) is 26.8 Å². The molecule has 0 amide bonds. The zero-order valence-electron chi connectivity index (χ0n) is 13.8. The molecule has 0 bridgehead atoms. The van der Waals surface area contributed by atoms with E-state index in [1.807, 2.05) is 12.1 Å². The average molecular weight is 312 g/mol. The minimum Gasteiger partial charge on any atom is -0.383 e. The molecule has 0 aliphatic carbocycles. The Balaban J connectivity index is 2.70. The predicted octanol–water partition coefficient (Wildman–Crippen LogP) is 4.71. The summed E-state index contributed by atoms with van der Waals surface area (Å²) < 4.78 is 5.13. The van der Waals surface area contributed by atoms with E-state index in [0.29, 0.717) is 5.41 Å². The fraction of sp³-hybridized carbons (Fsp3) is 0.667. The van der Waals surface area contributed by atoms with Crippen molar-refractivity contribution in [3.8, 4) is 0 Å². The SMILES string of the molecule is CCCCC(CC)(CNCCOC)Cc1ccc(Cl)cc1. The lowest BCUT2D eigenvalue weighted by Gasteiger charge is -2.34. The maximum atomic E-state index is 5.99. The number of hydrogen-bond donors (Lipinski definition) is 1. The first-order valence-corrected chi connectivity index (χ1v) is 8.47. The normalized spacial score (nSPS) is 14.1. The maximum absolute atomic E-state index is 5.99. The van der Waals surface area contributed by atoms with E-state index in [-0.39, 0.29) is 0 Å². The number of benzene rings is 1. The van der Waals surface area contributed by atoms with Crippen LogP contribution in [0, 0.1) is 5.41 Å². The molecule has 2 nitrogen and oxygen atoms in total. The van der Waals surface area contributed by atoms with Crippen molar-refractivity contribution < 1.29 is 4.74 Å².